The molecule has 9 heteroatoms. The molecule has 90 valence electrons. The van der Waals surface area contributed by atoms with Crippen molar-refractivity contribution in [3.63, 3.8) is 0 Å². The van der Waals surface area contributed by atoms with E-state index in [1.54, 1.807) is 0 Å². The number of carboxylic acids is 2. The van der Waals surface area contributed by atoms with Crippen LogP contribution in [0.2, 0.25) is 0 Å². The number of rotatable bonds is 5. The van der Waals surface area contributed by atoms with Crippen LogP contribution in [0.4, 0.5) is 0 Å². The van der Waals surface area contributed by atoms with E-state index in [4.69, 9.17) is 27.4 Å². The summed E-state index contributed by atoms with van der Waals surface area (Å²) in [5.41, 5.74) is 15.2. The summed E-state index contributed by atoms with van der Waals surface area (Å²) in [6, 6.07) is -1.28. The van der Waals surface area contributed by atoms with Crippen LogP contribution >= 0.6 is 0 Å². The molecule has 0 bridgehead atoms. The van der Waals surface area contributed by atoms with Crippen molar-refractivity contribution in [3.8, 4) is 0 Å². The van der Waals surface area contributed by atoms with Gasteiger partial charge >= 0.3 is 11.9 Å². The van der Waals surface area contributed by atoms with Gasteiger partial charge in [-0.05, 0) is 6.42 Å². The third kappa shape index (κ3) is 6.18. The Morgan fingerprint density at radius 2 is 1.75 bits per heavy atom. The van der Waals surface area contributed by atoms with E-state index in [-0.39, 0.29) is 18.8 Å². The first kappa shape index (κ1) is 13.7. The second-order valence-electron chi connectivity index (χ2n) is 2.81. The molecule has 0 heterocycles. The van der Waals surface area contributed by atoms with Gasteiger partial charge in [-0.2, -0.15) is 4.99 Å². The minimum absolute atomic E-state index is 0.189. The van der Waals surface area contributed by atoms with Crippen LogP contribution in [0.15, 0.2) is 9.98 Å². The van der Waals surface area contributed by atoms with Crippen LogP contribution in [0, 0.1) is 0 Å². The number of nitrogens with two attached hydrogens (primary N) is 3. The molecule has 8 N–H and O–H groups in total. The molecule has 0 aromatic carbocycles. The number of hydrogen-bond donors (Lipinski definition) is 5. The highest BCUT2D eigenvalue weighted by Crippen LogP contribution is 2.03. The van der Waals surface area contributed by atoms with Gasteiger partial charge in [0.25, 0.3) is 0 Å². The summed E-state index contributed by atoms with van der Waals surface area (Å²) >= 11 is 0. The molecule has 1 unspecified atom stereocenters. The van der Waals surface area contributed by atoms with Crippen LogP contribution in [0.25, 0.3) is 0 Å². The molecule has 1 atom stereocenters. The molecule has 0 saturated heterocycles. The van der Waals surface area contributed by atoms with Crippen molar-refractivity contribution in [2.45, 2.75) is 18.9 Å². The van der Waals surface area contributed by atoms with Gasteiger partial charge in [-0.1, -0.05) is 0 Å². The molecule has 0 aromatic heterocycles. The zero-order valence-electron chi connectivity index (χ0n) is 8.33. The van der Waals surface area contributed by atoms with Crippen molar-refractivity contribution in [3.05, 3.63) is 0 Å². The van der Waals surface area contributed by atoms with Gasteiger partial charge in [0.1, 0.15) is 0 Å². The van der Waals surface area contributed by atoms with Gasteiger partial charge in [0.2, 0.25) is 5.96 Å². The van der Waals surface area contributed by atoms with Gasteiger partial charge in [-0.25, -0.2) is 9.79 Å². The zero-order chi connectivity index (χ0) is 12.7. The predicted molar refractivity (Wildman–Crippen MR) is 55.7 cm³/mol. The summed E-state index contributed by atoms with van der Waals surface area (Å²) in [6.45, 7) is 0. The van der Waals surface area contributed by atoms with E-state index < -0.39 is 23.9 Å². The Morgan fingerprint density at radius 3 is 2.12 bits per heavy atom. The minimum atomic E-state index is -1.30. The highest BCUT2D eigenvalue weighted by molar-refractivity contribution is 5.93. The van der Waals surface area contributed by atoms with Crippen LogP contribution in [0.3, 0.4) is 0 Å². The number of carbonyl (C=O) groups is 2. The number of guanidine groups is 2. The fourth-order valence-corrected chi connectivity index (χ4v) is 0.824. The lowest BCUT2D eigenvalue weighted by atomic mass is 10.2. The fraction of sp³-hybridized carbons (Fsp3) is 0.429. The molecule has 0 spiro atoms. The lowest BCUT2D eigenvalue weighted by Gasteiger charge is -2.05. The molecule has 16 heavy (non-hydrogen) atoms. The van der Waals surface area contributed by atoms with E-state index in [2.05, 4.69) is 9.98 Å². The van der Waals surface area contributed by atoms with Crippen molar-refractivity contribution in [2.24, 2.45) is 27.2 Å². The van der Waals surface area contributed by atoms with Crippen LogP contribution in [0.1, 0.15) is 12.8 Å². The summed E-state index contributed by atoms with van der Waals surface area (Å²) in [6.07, 6.45) is -0.527. The maximum absolute atomic E-state index is 10.7. The Morgan fingerprint density at radius 1 is 1.19 bits per heavy atom. The van der Waals surface area contributed by atoms with Gasteiger partial charge < -0.3 is 27.4 Å². The molecule has 0 aliphatic heterocycles. The van der Waals surface area contributed by atoms with Gasteiger partial charge in [0.05, 0.1) is 0 Å². The van der Waals surface area contributed by atoms with E-state index in [1.807, 2.05) is 0 Å². The van der Waals surface area contributed by atoms with Crippen LogP contribution < -0.4 is 17.2 Å². The summed E-state index contributed by atoms with van der Waals surface area (Å²) in [4.78, 5) is 27.7. The molecule has 0 aliphatic carbocycles. The van der Waals surface area contributed by atoms with Crippen molar-refractivity contribution in [1.29, 1.82) is 0 Å². The molecule has 0 amide bonds. The molecule has 0 aliphatic rings. The quantitative estimate of drug-likeness (QED) is 0.265. The molecule has 9 nitrogen and oxygen atoms in total. The Labute approximate surface area is 90.7 Å². The summed E-state index contributed by atoms with van der Waals surface area (Å²) < 4.78 is 0. The Hall–Kier alpha value is -2.32. The zero-order valence-corrected chi connectivity index (χ0v) is 8.33. The van der Waals surface area contributed by atoms with Crippen molar-refractivity contribution in [1.82, 2.24) is 0 Å². The Balaban J connectivity index is 4.61. The van der Waals surface area contributed by atoms with Gasteiger partial charge in [-0.3, -0.25) is 4.79 Å². The second kappa shape index (κ2) is 6.22. The lowest BCUT2D eigenvalue weighted by Crippen LogP contribution is -2.28. The largest absolute Gasteiger partial charge is 0.481 e. The maximum Gasteiger partial charge on any atom is 0.328 e. The van der Waals surface area contributed by atoms with E-state index >= 15 is 0 Å². The predicted octanol–water partition coefficient (Wildman–Crippen LogP) is -2.11. The Kier molecular flexibility index (Phi) is 5.32. The summed E-state index contributed by atoms with van der Waals surface area (Å²) in [7, 11) is 0. The van der Waals surface area contributed by atoms with Crippen LogP contribution in [-0.2, 0) is 9.59 Å². The monoisotopic (exact) mass is 231 g/mol. The molecular formula is C7H13N5O4. The topological polar surface area (TPSA) is 177 Å². The van der Waals surface area contributed by atoms with Crippen LogP contribution in [-0.4, -0.2) is 40.1 Å². The average molecular weight is 231 g/mol. The van der Waals surface area contributed by atoms with Gasteiger partial charge in [0, 0.05) is 6.42 Å². The van der Waals surface area contributed by atoms with Crippen molar-refractivity contribution >= 4 is 23.9 Å². The highest BCUT2D eigenvalue weighted by Gasteiger charge is 2.17. The highest BCUT2D eigenvalue weighted by atomic mass is 16.4. The molecule has 0 saturated carbocycles. The number of hydrogen-bond acceptors (Lipinski definition) is 3. The van der Waals surface area contributed by atoms with Crippen molar-refractivity contribution in [2.75, 3.05) is 0 Å². The molecule has 0 aromatic rings. The standard InChI is InChI=1S/C7H13N5O4/c8-6(9)12-7(10)11-3(5(15)16)1-2-4(13)14/h3H,1-2H2,(H,13,14)(H,15,16)(H6,8,9,10,11,12). The normalized spacial score (nSPS) is 12.9. The van der Waals surface area contributed by atoms with Gasteiger partial charge in [0.15, 0.2) is 12.0 Å². The second-order valence-corrected chi connectivity index (χ2v) is 2.81. The Bertz CT molecular complexity index is 334. The first-order chi connectivity index (χ1) is 7.32. The average Bonchev–Trinajstić information content (AvgIpc) is 2.09. The first-order valence-electron chi connectivity index (χ1n) is 4.20. The number of aliphatic imine (C=N–C) groups is 2. The smallest absolute Gasteiger partial charge is 0.328 e. The first-order valence-corrected chi connectivity index (χ1v) is 4.20. The molecule has 0 fully saturated rings. The van der Waals surface area contributed by atoms with E-state index in [1.165, 1.54) is 0 Å². The van der Waals surface area contributed by atoms with E-state index in [0.717, 1.165) is 0 Å². The van der Waals surface area contributed by atoms with Gasteiger partial charge in [-0.15, -0.1) is 0 Å². The summed E-state index contributed by atoms with van der Waals surface area (Å²) in [5.74, 6) is -3.18. The molecule has 0 radical (unpaired) electrons. The van der Waals surface area contributed by atoms with Crippen molar-refractivity contribution < 1.29 is 19.8 Å². The van der Waals surface area contributed by atoms with E-state index in [9.17, 15) is 9.59 Å². The van der Waals surface area contributed by atoms with Crippen LogP contribution in [0.5, 0.6) is 0 Å². The summed E-state index contributed by atoms with van der Waals surface area (Å²) in [5, 5.41) is 17.1. The minimum Gasteiger partial charge on any atom is -0.481 e. The third-order valence-corrected chi connectivity index (χ3v) is 1.45. The van der Waals surface area contributed by atoms with E-state index in [0.29, 0.717) is 0 Å². The SMILES string of the molecule is NC(N)=NC(N)=NC(CCC(=O)O)C(=O)O. The number of nitrogens with zero attached hydrogens (tertiary/aromatic N) is 2. The fourth-order valence-electron chi connectivity index (χ4n) is 0.824. The molecular weight excluding hydrogens is 218 g/mol. The molecule has 0 rings (SSSR count). The third-order valence-electron chi connectivity index (χ3n) is 1.45. The number of aliphatic carboxylic acids is 2. The number of carboxylic acid groups (broad SMARTS) is 2. The maximum atomic E-state index is 10.7. The lowest BCUT2D eigenvalue weighted by molar-refractivity contribution is -0.139.